The minimum Gasteiger partial charge on any atom is -0.493 e. The minimum absolute atomic E-state index is 0.114. The lowest BCUT2D eigenvalue weighted by Gasteiger charge is -2.26. The molecule has 212 valence electrons. The Bertz CT molecular complexity index is 1860. The Morgan fingerprint density at radius 3 is 2.37 bits per heavy atom. The maximum atomic E-state index is 13.9. The molecule has 11 heteroatoms. The zero-order valence-corrected chi connectivity index (χ0v) is 25.2. The molecule has 8 nitrogen and oxygen atoms in total. The molecule has 0 bridgehead atoms. The summed E-state index contributed by atoms with van der Waals surface area (Å²) in [6.07, 6.45) is 1.91. The molecule has 0 spiro atoms. The summed E-state index contributed by atoms with van der Waals surface area (Å²) in [5.41, 5.74) is 2.04. The molecule has 3 heterocycles. The first-order valence-corrected chi connectivity index (χ1v) is 14.2. The van der Waals surface area contributed by atoms with Crippen LogP contribution in [-0.4, -0.2) is 31.7 Å². The topological polar surface area (TPSA) is 92.3 Å². The fourth-order valence-corrected chi connectivity index (χ4v) is 6.13. The molecule has 2 aromatic carbocycles. The summed E-state index contributed by atoms with van der Waals surface area (Å²) in [5, 5.41) is 0.858. The molecule has 0 amide bonds. The number of ether oxygens (including phenoxy) is 3. The molecule has 2 aromatic heterocycles. The molecule has 0 saturated heterocycles. The third kappa shape index (κ3) is 5.21. The predicted molar refractivity (Wildman–Crippen MR) is 159 cm³/mol. The van der Waals surface area contributed by atoms with Crippen molar-refractivity contribution >= 4 is 46.4 Å². The highest BCUT2D eigenvalue weighted by molar-refractivity contribution is 7.07. The normalized spacial score (nSPS) is 15.0. The van der Waals surface area contributed by atoms with Crippen molar-refractivity contribution < 1.29 is 23.4 Å². The van der Waals surface area contributed by atoms with Gasteiger partial charge in [-0.3, -0.25) is 14.2 Å². The fraction of sp³-hybridized carbons (Fsp3) is 0.233. The smallest absolute Gasteiger partial charge is 0.271 e. The first kappa shape index (κ1) is 28.7. The summed E-state index contributed by atoms with van der Waals surface area (Å²) >= 11 is 13.4. The number of hydrogen-bond acceptors (Lipinski definition) is 8. The molecule has 1 atom stereocenters. The molecule has 0 saturated carbocycles. The summed E-state index contributed by atoms with van der Waals surface area (Å²) in [4.78, 5) is 32.3. The number of carbonyl (C=O) groups excluding carboxylic acids is 1. The molecule has 1 unspecified atom stereocenters. The number of Topliss-reactive ketones (excluding diaryl/α,β-unsaturated/α-hetero) is 1. The van der Waals surface area contributed by atoms with E-state index in [4.69, 9.17) is 41.8 Å². The van der Waals surface area contributed by atoms with Crippen molar-refractivity contribution in [2.24, 2.45) is 4.99 Å². The van der Waals surface area contributed by atoms with Gasteiger partial charge in [-0.2, -0.15) is 0 Å². The number of furan rings is 1. The first-order chi connectivity index (χ1) is 19.7. The number of thiazole rings is 1. The van der Waals surface area contributed by atoms with Crippen LogP contribution in [0.3, 0.4) is 0 Å². The van der Waals surface area contributed by atoms with Gasteiger partial charge in [-0.1, -0.05) is 41.5 Å². The van der Waals surface area contributed by atoms with Crippen LogP contribution in [0.5, 0.6) is 17.2 Å². The van der Waals surface area contributed by atoms with Crippen molar-refractivity contribution in [1.82, 2.24) is 4.57 Å². The number of aromatic nitrogens is 1. The van der Waals surface area contributed by atoms with Gasteiger partial charge in [0.25, 0.3) is 5.56 Å². The maximum Gasteiger partial charge on any atom is 0.271 e. The number of fused-ring (bicyclic) bond motifs is 1. The molecule has 0 radical (unpaired) electrons. The van der Waals surface area contributed by atoms with Crippen LogP contribution in [0.2, 0.25) is 10.0 Å². The Hall–Kier alpha value is -3.79. The number of rotatable bonds is 8. The van der Waals surface area contributed by atoms with E-state index >= 15 is 0 Å². The zero-order chi connectivity index (χ0) is 29.4. The highest BCUT2D eigenvalue weighted by Crippen LogP contribution is 2.42. The number of ketones is 1. The van der Waals surface area contributed by atoms with Crippen LogP contribution in [0, 0.1) is 0 Å². The van der Waals surface area contributed by atoms with E-state index in [1.54, 1.807) is 62.4 Å². The SMILES string of the molecule is CCC(=O)C1=C(C)N=c2s/c(=C\c3ccc(-c4ccc(Cl)c(Cl)c4)o3)c(=O)n2C1c1cc(OC)c(OC)c(OC)c1. The molecular weight excluding hydrogens is 587 g/mol. The number of halogens is 2. The Morgan fingerprint density at radius 2 is 1.76 bits per heavy atom. The largest absolute Gasteiger partial charge is 0.493 e. The van der Waals surface area contributed by atoms with E-state index in [0.29, 0.717) is 65.0 Å². The van der Waals surface area contributed by atoms with Gasteiger partial charge in [0.2, 0.25) is 5.75 Å². The average molecular weight is 614 g/mol. The number of hydrogen-bond donors (Lipinski definition) is 0. The van der Waals surface area contributed by atoms with Crippen molar-refractivity contribution in [3.05, 3.63) is 94.8 Å². The van der Waals surface area contributed by atoms with Crippen molar-refractivity contribution in [3.8, 4) is 28.6 Å². The first-order valence-electron chi connectivity index (χ1n) is 12.6. The van der Waals surface area contributed by atoms with Gasteiger partial charge in [-0.05, 0) is 55.0 Å². The van der Waals surface area contributed by atoms with Gasteiger partial charge in [0.15, 0.2) is 22.1 Å². The van der Waals surface area contributed by atoms with E-state index < -0.39 is 6.04 Å². The number of methoxy groups -OCH3 is 3. The summed E-state index contributed by atoms with van der Waals surface area (Å²) in [6.45, 7) is 3.56. The van der Waals surface area contributed by atoms with E-state index in [0.717, 1.165) is 5.56 Å². The molecule has 4 aromatic rings. The van der Waals surface area contributed by atoms with Gasteiger partial charge in [0.1, 0.15) is 11.5 Å². The lowest BCUT2D eigenvalue weighted by molar-refractivity contribution is -0.115. The van der Waals surface area contributed by atoms with E-state index in [1.165, 1.54) is 37.2 Å². The Labute approximate surface area is 249 Å². The third-order valence-corrected chi connectivity index (χ3v) is 8.47. The predicted octanol–water partition coefficient (Wildman–Crippen LogP) is 5.81. The van der Waals surface area contributed by atoms with Gasteiger partial charge >= 0.3 is 0 Å². The van der Waals surface area contributed by atoms with E-state index in [9.17, 15) is 9.59 Å². The molecule has 1 aliphatic rings. The van der Waals surface area contributed by atoms with Crippen LogP contribution in [-0.2, 0) is 4.79 Å². The highest BCUT2D eigenvalue weighted by atomic mass is 35.5. The van der Waals surface area contributed by atoms with Crippen LogP contribution < -0.4 is 29.1 Å². The van der Waals surface area contributed by atoms with Gasteiger partial charge in [-0.15, -0.1) is 0 Å². The second-order valence-corrected chi connectivity index (χ2v) is 11.0. The fourth-order valence-electron chi connectivity index (χ4n) is 4.81. The number of allylic oxidation sites excluding steroid dienone is 2. The number of nitrogens with zero attached hydrogens (tertiary/aromatic N) is 2. The highest BCUT2D eigenvalue weighted by Gasteiger charge is 2.33. The quantitative estimate of drug-likeness (QED) is 0.249. The Kier molecular flexibility index (Phi) is 8.13. The summed E-state index contributed by atoms with van der Waals surface area (Å²) in [5.74, 6) is 2.16. The molecule has 41 heavy (non-hydrogen) atoms. The molecule has 5 rings (SSSR count). The van der Waals surface area contributed by atoms with Crippen LogP contribution in [0.25, 0.3) is 17.4 Å². The second-order valence-electron chi connectivity index (χ2n) is 9.15. The van der Waals surface area contributed by atoms with Gasteiger partial charge in [0, 0.05) is 29.3 Å². The van der Waals surface area contributed by atoms with Crippen LogP contribution in [0.1, 0.15) is 37.6 Å². The summed E-state index contributed by atoms with van der Waals surface area (Å²) < 4.78 is 24.6. The monoisotopic (exact) mass is 612 g/mol. The molecule has 0 fully saturated rings. The van der Waals surface area contributed by atoms with Crippen molar-refractivity contribution in [2.75, 3.05) is 21.3 Å². The van der Waals surface area contributed by atoms with Crippen molar-refractivity contribution in [1.29, 1.82) is 0 Å². The zero-order valence-electron chi connectivity index (χ0n) is 22.9. The lowest BCUT2D eigenvalue weighted by atomic mass is 9.91. The maximum absolute atomic E-state index is 13.9. The van der Waals surface area contributed by atoms with Gasteiger partial charge in [0.05, 0.1) is 41.9 Å². The number of benzene rings is 2. The second kappa shape index (κ2) is 11.6. The standard InChI is InChI=1S/C30H26Cl2N2O6S/c1-6-21(35)26-15(2)33-30-34(27(26)17-12-23(37-3)28(39-5)24(13-17)38-4)29(36)25(41-30)14-18-8-10-22(40-18)16-7-9-19(31)20(32)11-16/h7-14,27H,6H2,1-5H3/b25-14-. The Morgan fingerprint density at radius 1 is 1.05 bits per heavy atom. The summed E-state index contributed by atoms with van der Waals surface area (Å²) in [6, 6.07) is 11.5. The Balaban J connectivity index is 1.68. The van der Waals surface area contributed by atoms with Crippen molar-refractivity contribution in [3.63, 3.8) is 0 Å². The van der Waals surface area contributed by atoms with Gasteiger partial charge < -0.3 is 18.6 Å². The molecule has 1 aliphatic heterocycles. The third-order valence-electron chi connectivity index (χ3n) is 6.75. The van der Waals surface area contributed by atoms with Crippen molar-refractivity contribution in [2.45, 2.75) is 26.3 Å². The average Bonchev–Trinajstić information content (AvgIpc) is 3.56. The van der Waals surface area contributed by atoms with Crippen LogP contribution in [0.4, 0.5) is 0 Å². The van der Waals surface area contributed by atoms with Crippen LogP contribution in [0.15, 0.2) is 67.9 Å². The van der Waals surface area contributed by atoms with E-state index in [-0.39, 0.29) is 17.8 Å². The number of carbonyl (C=O) groups is 1. The van der Waals surface area contributed by atoms with Gasteiger partial charge in [-0.25, -0.2) is 4.99 Å². The van der Waals surface area contributed by atoms with E-state index in [2.05, 4.69) is 4.99 Å². The molecular formula is C30H26Cl2N2O6S. The summed E-state index contributed by atoms with van der Waals surface area (Å²) in [7, 11) is 4.55. The molecule has 0 aliphatic carbocycles. The van der Waals surface area contributed by atoms with Crippen LogP contribution >= 0.6 is 34.5 Å². The minimum atomic E-state index is -0.752. The van der Waals surface area contributed by atoms with E-state index in [1.807, 2.05) is 0 Å². The lowest BCUT2D eigenvalue weighted by Crippen LogP contribution is -2.39. The molecule has 0 N–H and O–H groups in total.